The highest BCUT2D eigenvalue weighted by Crippen LogP contribution is 2.10. The van der Waals surface area contributed by atoms with Gasteiger partial charge in [-0.25, -0.2) is 4.79 Å². The maximum Gasteiger partial charge on any atom is 0.354 e. The van der Waals surface area contributed by atoms with Gasteiger partial charge in [0.05, 0.1) is 18.7 Å². The Balaban J connectivity index is 2.30. The van der Waals surface area contributed by atoms with E-state index in [9.17, 15) is 9.59 Å². The minimum Gasteiger partial charge on any atom is -0.464 e. The highest BCUT2D eigenvalue weighted by Gasteiger charge is 2.14. The molecule has 0 aliphatic rings. The number of carbonyl (C=O) groups is 2. The van der Waals surface area contributed by atoms with E-state index in [4.69, 9.17) is 10.00 Å². The molecule has 114 valence electrons. The molecule has 0 saturated heterocycles. The van der Waals surface area contributed by atoms with E-state index in [1.54, 1.807) is 54.6 Å². The number of methoxy groups -OCH3 is 1. The largest absolute Gasteiger partial charge is 0.464 e. The monoisotopic (exact) mass is 306 g/mol. The van der Waals surface area contributed by atoms with Gasteiger partial charge in [0.2, 0.25) is 0 Å². The molecule has 5 nitrogen and oxygen atoms in total. The van der Waals surface area contributed by atoms with Crippen molar-refractivity contribution in [3.05, 3.63) is 77.0 Å². The summed E-state index contributed by atoms with van der Waals surface area (Å²) in [7, 11) is 1.23. The fourth-order valence-electron chi connectivity index (χ4n) is 1.90. The van der Waals surface area contributed by atoms with Crippen LogP contribution in [0.3, 0.4) is 0 Å². The van der Waals surface area contributed by atoms with Crippen molar-refractivity contribution in [3.63, 3.8) is 0 Å². The fourth-order valence-corrected chi connectivity index (χ4v) is 1.90. The first-order valence-corrected chi connectivity index (χ1v) is 6.80. The first-order chi connectivity index (χ1) is 11.1. The Kier molecular flexibility index (Phi) is 5.26. The number of ether oxygens (including phenoxy) is 1. The van der Waals surface area contributed by atoms with Crippen molar-refractivity contribution < 1.29 is 14.3 Å². The normalized spacial score (nSPS) is 10.5. The molecule has 0 heterocycles. The average molecular weight is 306 g/mol. The highest BCUT2D eigenvalue weighted by atomic mass is 16.5. The molecule has 0 unspecified atom stereocenters. The number of nitrogens with zero attached hydrogens (tertiary/aromatic N) is 1. The van der Waals surface area contributed by atoms with Crippen molar-refractivity contribution in [2.45, 2.75) is 0 Å². The molecule has 0 aliphatic heterocycles. The highest BCUT2D eigenvalue weighted by molar-refractivity contribution is 6.03. The molecule has 0 aliphatic carbocycles. The molecule has 1 amide bonds. The van der Waals surface area contributed by atoms with Gasteiger partial charge in [-0.3, -0.25) is 4.79 Å². The standard InChI is InChI=1S/C18H14N2O3/c1-23-18(22)16(11-13-6-5-7-14(10-13)12-19)20-17(21)15-8-3-2-4-9-15/h2-11H,1H3,(H,20,21)/b16-11+. The zero-order valence-electron chi connectivity index (χ0n) is 12.4. The Morgan fingerprint density at radius 3 is 2.52 bits per heavy atom. The molecular formula is C18H14N2O3. The summed E-state index contributed by atoms with van der Waals surface area (Å²) >= 11 is 0. The molecular weight excluding hydrogens is 292 g/mol. The molecule has 2 aromatic carbocycles. The van der Waals surface area contributed by atoms with Crippen LogP contribution in [-0.2, 0) is 9.53 Å². The van der Waals surface area contributed by atoms with Gasteiger partial charge in [0, 0.05) is 5.56 Å². The third kappa shape index (κ3) is 4.29. The van der Waals surface area contributed by atoms with Gasteiger partial charge in [0.1, 0.15) is 5.70 Å². The Labute approximate surface area is 133 Å². The fraction of sp³-hybridized carbons (Fsp3) is 0.0556. The summed E-state index contributed by atoms with van der Waals surface area (Å²) in [4.78, 5) is 24.0. The quantitative estimate of drug-likeness (QED) is 0.695. The Morgan fingerprint density at radius 1 is 1.13 bits per heavy atom. The number of nitrogens with one attached hydrogen (secondary N) is 1. The molecule has 0 spiro atoms. The molecule has 2 aromatic rings. The van der Waals surface area contributed by atoms with Crippen LogP contribution < -0.4 is 5.32 Å². The number of hydrogen-bond donors (Lipinski definition) is 1. The Hall–Kier alpha value is -3.39. The van der Waals surface area contributed by atoms with Crippen molar-refractivity contribution in [1.82, 2.24) is 5.32 Å². The topological polar surface area (TPSA) is 79.2 Å². The van der Waals surface area contributed by atoms with E-state index in [2.05, 4.69) is 5.32 Å². The summed E-state index contributed by atoms with van der Waals surface area (Å²) in [5.74, 6) is -1.09. The van der Waals surface area contributed by atoms with Gasteiger partial charge < -0.3 is 10.1 Å². The second kappa shape index (κ2) is 7.57. The first kappa shape index (κ1) is 16.0. The molecule has 0 saturated carbocycles. The molecule has 0 fully saturated rings. The van der Waals surface area contributed by atoms with Gasteiger partial charge in [-0.2, -0.15) is 5.26 Å². The number of carbonyl (C=O) groups excluding carboxylic acids is 2. The molecule has 5 heteroatoms. The zero-order chi connectivity index (χ0) is 16.7. The van der Waals surface area contributed by atoms with Crippen LogP contribution in [0.25, 0.3) is 6.08 Å². The van der Waals surface area contributed by atoms with Crippen LogP contribution in [0.1, 0.15) is 21.5 Å². The predicted molar refractivity (Wildman–Crippen MR) is 85.1 cm³/mol. The van der Waals surface area contributed by atoms with Gasteiger partial charge in [0.25, 0.3) is 5.91 Å². The molecule has 0 bridgehead atoms. The van der Waals surface area contributed by atoms with E-state index in [1.165, 1.54) is 13.2 Å². The lowest BCUT2D eigenvalue weighted by molar-refractivity contribution is -0.136. The van der Waals surface area contributed by atoms with Crippen LogP contribution in [0.5, 0.6) is 0 Å². The third-order valence-electron chi connectivity index (χ3n) is 3.02. The van der Waals surface area contributed by atoms with E-state index in [0.29, 0.717) is 16.7 Å². The lowest BCUT2D eigenvalue weighted by Crippen LogP contribution is -2.28. The van der Waals surface area contributed by atoms with Crippen LogP contribution >= 0.6 is 0 Å². The van der Waals surface area contributed by atoms with Gasteiger partial charge in [-0.15, -0.1) is 0 Å². The van der Waals surface area contributed by atoms with E-state index in [0.717, 1.165) is 0 Å². The number of rotatable bonds is 4. The molecule has 1 N–H and O–H groups in total. The maximum atomic E-state index is 12.2. The second-order valence-corrected chi connectivity index (χ2v) is 4.61. The van der Waals surface area contributed by atoms with Gasteiger partial charge >= 0.3 is 5.97 Å². The lowest BCUT2D eigenvalue weighted by Gasteiger charge is -2.08. The van der Waals surface area contributed by atoms with Gasteiger partial charge in [-0.05, 0) is 35.9 Å². The van der Waals surface area contributed by atoms with E-state index in [1.807, 2.05) is 6.07 Å². The zero-order valence-corrected chi connectivity index (χ0v) is 12.4. The number of benzene rings is 2. The summed E-state index contributed by atoms with van der Waals surface area (Å²) in [6, 6.07) is 17.2. The summed E-state index contributed by atoms with van der Waals surface area (Å²) in [5.41, 5.74) is 1.49. The number of amides is 1. The minimum absolute atomic E-state index is 0.00329. The van der Waals surface area contributed by atoms with Gasteiger partial charge in [-0.1, -0.05) is 30.3 Å². The van der Waals surface area contributed by atoms with Crippen LogP contribution in [0.4, 0.5) is 0 Å². The predicted octanol–water partition coefficient (Wildman–Crippen LogP) is 2.50. The number of nitriles is 1. The third-order valence-corrected chi connectivity index (χ3v) is 3.02. The molecule has 2 rings (SSSR count). The molecule has 0 aromatic heterocycles. The maximum absolute atomic E-state index is 12.2. The summed E-state index contributed by atoms with van der Waals surface area (Å²) in [6.45, 7) is 0. The van der Waals surface area contributed by atoms with Crippen molar-refractivity contribution in [2.75, 3.05) is 7.11 Å². The molecule has 23 heavy (non-hydrogen) atoms. The second-order valence-electron chi connectivity index (χ2n) is 4.61. The summed E-state index contributed by atoms with van der Waals surface area (Å²) in [5, 5.41) is 11.4. The van der Waals surface area contributed by atoms with E-state index >= 15 is 0 Å². The van der Waals surface area contributed by atoms with Crippen molar-refractivity contribution >= 4 is 18.0 Å². The molecule has 0 atom stereocenters. The summed E-state index contributed by atoms with van der Waals surface area (Å²) < 4.78 is 4.69. The SMILES string of the molecule is COC(=O)/C(=C\c1cccc(C#N)c1)NC(=O)c1ccccc1. The van der Waals surface area contributed by atoms with Crippen LogP contribution in [0.2, 0.25) is 0 Å². The molecule has 0 radical (unpaired) electrons. The first-order valence-electron chi connectivity index (χ1n) is 6.80. The average Bonchev–Trinajstić information content (AvgIpc) is 2.61. The van der Waals surface area contributed by atoms with Crippen LogP contribution in [0.15, 0.2) is 60.3 Å². The summed E-state index contributed by atoms with van der Waals surface area (Å²) in [6.07, 6.45) is 1.47. The lowest BCUT2D eigenvalue weighted by atomic mass is 10.1. The number of hydrogen-bond acceptors (Lipinski definition) is 4. The van der Waals surface area contributed by atoms with Crippen molar-refractivity contribution in [1.29, 1.82) is 5.26 Å². The minimum atomic E-state index is -0.670. The number of esters is 1. The van der Waals surface area contributed by atoms with Crippen molar-refractivity contribution in [3.8, 4) is 6.07 Å². The Bertz CT molecular complexity index is 789. The van der Waals surface area contributed by atoms with Crippen LogP contribution in [0, 0.1) is 11.3 Å². The van der Waals surface area contributed by atoms with E-state index in [-0.39, 0.29) is 5.70 Å². The van der Waals surface area contributed by atoms with Crippen LogP contribution in [-0.4, -0.2) is 19.0 Å². The van der Waals surface area contributed by atoms with Crippen molar-refractivity contribution in [2.24, 2.45) is 0 Å². The van der Waals surface area contributed by atoms with E-state index < -0.39 is 11.9 Å². The van der Waals surface area contributed by atoms with Gasteiger partial charge in [0.15, 0.2) is 0 Å². The smallest absolute Gasteiger partial charge is 0.354 e. The Morgan fingerprint density at radius 2 is 1.87 bits per heavy atom.